The van der Waals surface area contributed by atoms with Gasteiger partial charge < -0.3 is 9.64 Å². The molecule has 2 aliphatic heterocycles. The van der Waals surface area contributed by atoms with Crippen LogP contribution in [0.1, 0.15) is 54.7 Å². The quantitative estimate of drug-likeness (QED) is 0.378. The van der Waals surface area contributed by atoms with Gasteiger partial charge in [-0.05, 0) is 59.9 Å². The second-order valence-electron chi connectivity index (χ2n) is 10.3. The fourth-order valence-corrected chi connectivity index (χ4v) is 6.59. The molecule has 2 heterocycles. The Morgan fingerprint density at radius 1 is 0.806 bits per heavy atom. The van der Waals surface area contributed by atoms with Gasteiger partial charge in [0.25, 0.3) is 0 Å². The van der Waals surface area contributed by atoms with Crippen molar-refractivity contribution in [3.8, 4) is 11.1 Å². The third kappa shape index (κ3) is 3.95. The van der Waals surface area contributed by atoms with Crippen LogP contribution in [0.3, 0.4) is 0 Å². The number of nitrogens with zero attached hydrogens (tertiary/aromatic N) is 1. The standard InChI is InChI=1S/C32H31NO3/c1-21(22-10-3-2-4-11-22)31(34)23-18-24-12-9-13-25(19-23)33(24)32(35)36-20-30-28-16-7-5-14-26(28)27-15-6-8-17-29(27)30/h2-8,10-11,14-17,23-25,30H,1,9,12-13,18-20H2. The van der Waals surface area contributed by atoms with Gasteiger partial charge in [0.1, 0.15) is 6.61 Å². The highest BCUT2D eigenvalue weighted by Gasteiger charge is 2.44. The number of hydrogen-bond acceptors (Lipinski definition) is 3. The lowest BCUT2D eigenvalue weighted by Gasteiger charge is -2.47. The SMILES string of the molecule is C=C(C(=O)C1CC2CCCC(C1)N2C(=O)OCC1c2ccccc2-c2ccccc21)c1ccccc1. The molecule has 4 heteroatoms. The molecule has 2 saturated heterocycles. The van der Waals surface area contributed by atoms with E-state index in [0.29, 0.717) is 25.0 Å². The first kappa shape index (κ1) is 22.8. The van der Waals surface area contributed by atoms with Crippen molar-refractivity contribution >= 4 is 17.4 Å². The van der Waals surface area contributed by atoms with Crippen LogP contribution in [0.4, 0.5) is 4.79 Å². The van der Waals surface area contributed by atoms with Gasteiger partial charge in [-0.15, -0.1) is 0 Å². The van der Waals surface area contributed by atoms with Gasteiger partial charge in [-0.3, -0.25) is 4.79 Å². The molecule has 4 nitrogen and oxygen atoms in total. The van der Waals surface area contributed by atoms with E-state index in [2.05, 4.69) is 55.1 Å². The van der Waals surface area contributed by atoms with Gasteiger partial charge in [0.15, 0.2) is 5.78 Å². The molecule has 3 aromatic rings. The van der Waals surface area contributed by atoms with Gasteiger partial charge in [-0.2, -0.15) is 0 Å². The van der Waals surface area contributed by atoms with E-state index in [1.54, 1.807) is 0 Å². The number of fused-ring (bicyclic) bond motifs is 5. The lowest BCUT2D eigenvalue weighted by Crippen LogP contribution is -2.56. The number of allylic oxidation sites excluding steroid dienone is 1. The average molecular weight is 478 g/mol. The second-order valence-corrected chi connectivity index (χ2v) is 10.3. The molecule has 2 unspecified atom stereocenters. The highest BCUT2D eigenvalue weighted by atomic mass is 16.6. The molecule has 3 aromatic carbocycles. The molecule has 0 N–H and O–H groups in total. The molecule has 2 atom stereocenters. The van der Waals surface area contributed by atoms with Crippen molar-refractivity contribution in [1.29, 1.82) is 0 Å². The molecule has 2 bridgehead atoms. The van der Waals surface area contributed by atoms with Crippen molar-refractivity contribution in [2.75, 3.05) is 6.61 Å². The number of carbonyl (C=O) groups is 2. The third-order valence-corrected chi connectivity index (χ3v) is 8.31. The summed E-state index contributed by atoms with van der Waals surface area (Å²) in [4.78, 5) is 28.7. The lowest BCUT2D eigenvalue weighted by molar-refractivity contribution is -0.121. The average Bonchev–Trinajstić information content (AvgIpc) is 3.24. The summed E-state index contributed by atoms with van der Waals surface area (Å²) in [6, 6.07) is 26.6. The van der Waals surface area contributed by atoms with Gasteiger partial charge in [-0.1, -0.05) is 85.4 Å². The molecule has 1 aliphatic carbocycles. The van der Waals surface area contributed by atoms with E-state index in [1.807, 2.05) is 35.2 Å². The summed E-state index contributed by atoms with van der Waals surface area (Å²) in [5, 5.41) is 0. The molecule has 182 valence electrons. The van der Waals surface area contributed by atoms with Crippen LogP contribution in [-0.4, -0.2) is 35.5 Å². The number of benzene rings is 3. The van der Waals surface area contributed by atoms with E-state index < -0.39 is 0 Å². The zero-order valence-corrected chi connectivity index (χ0v) is 20.4. The van der Waals surface area contributed by atoms with Gasteiger partial charge in [0, 0.05) is 29.5 Å². The number of ether oxygens (including phenoxy) is 1. The molecule has 2 fully saturated rings. The van der Waals surface area contributed by atoms with Crippen molar-refractivity contribution in [2.24, 2.45) is 5.92 Å². The van der Waals surface area contributed by atoms with E-state index in [9.17, 15) is 9.59 Å². The fourth-order valence-electron chi connectivity index (χ4n) is 6.59. The summed E-state index contributed by atoms with van der Waals surface area (Å²) < 4.78 is 6.01. The topological polar surface area (TPSA) is 46.6 Å². The maximum atomic E-state index is 13.4. The maximum absolute atomic E-state index is 13.4. The van der Waals surface area contributed by atoms with Crippen LogP contribution in [-0.2, 0) is 9.53 Å². The first-order valence-electron chi connectivity index (χ1n) is 13.0. The van der Waals surface area contributed by atoms with Crippen LogP contribution in [0, 0.1) is 5.92 Å². The Morgan fingerprint density at radius 3 is 1.97 bits per heavy atom. The zero-order chi connectivity index (χ0) is 24.6. The van der Waals surface area contributed by atoms with Crippen LogP contribution in [0.25, 0.3) is 16.7 Å². The van der Waals surface area contributed by atoms with E-state index >= 15 is 0 Å². The van der Waals surface area contributed by atoms with Gasteiger partial charge >= 0.3 is 6.09 Å². The smallest absolute Gasteiger partial charge is 0.410 e. The van der Waals surface area contributed by atoms with Crippen LogP contribution in [0.5, 0.6) is 0 Å². The van der Waals surface area contributed by atoms with E-state index in [1.165, 1.54) is 22.3 Å². The number of piperidine rings is 2. The van der Waals surface area contributed by atoms with E-state index in [-0.39, 0.29) is 35.8 Å². The summed E-state index contributed by atoms with van der Waals surface area (Å²) in [6.45, 7) is 4.43. The number of hydrogen-bond donors (Lipinski definition) is 0. The summed E-state index contributed by atoms with van der Waals surface area (Å²) in [6.07, 6.45) is 4.06. The van der Waals surface area contributed by atoms with E-state index in [0.717, 1.165) is 24.8 Å². The Bertz CT molecular complexity index is 1250. The van der Waals surface area contributed by atoms with Crippen LogP contribution < -0.4 is 0 Å². The monoisotopic (exact) mass is 477 g/mol. The van der Waals surface area contributed by atoms with Gasteiger partial charge in [0.2, 0.25) is 0 Å². The normalized spacial score (nSPS) is 22.4. The predicted octanol–water partition coefficient (Wildman–Crippen LogP) is 6.85. The second kappa shape index (κ2) is 9.42. The first-order chi connectivity index (χ1) is 17.6. The molecule has 0 aromatic heterocycles. The van der Waals surface area contributed by atoms with Crippen LogP contribution in [0.2, 0.25) is 0 Å². The molecule has 0 saturated carbocycles. The minimum atomic E-state index is -0.237. The summed E-state index contributed by atoms with van der Waals surface area (Å²) >= 11 is 0. The number of ketones is 1. The van der Waals surface area contributed by atoms with Gasteiger partial charge in [0.05, 0.1) is 0 Å². The van der Waals surface area contributed by atoms with Crippen molar-refractivity contribution in [3.63, 3.8) is 0 Å². The molecule has 36 heavy (non-hydrogen) atoms. The predicted molar refractivity (Wildman–Crippen MR) is 142 cm³/mol. The fraction of sp³-hybridized carbons (Fsp3) is 0.312. The third-order valence-electron chi connectivity index (χ3n) is 8.31. The Kier molecular flexibility index (Phi) is 5.96. The van der Waals surface area contributed by atoms with Crippen molar-refractivity contribution < 1.29 is 14.3 Å². The molecule has 0 spiro atoms. The first-order valence-corrected chi connectivity index (χ1v) is 13.0. The summed E-state index contributed by atoms with van der Waals surface area (Å²) in [5.74, 6) is 0.0745. The van der Waals surface area contributed by atoms with Gasteiger partial charge in [-0.25, -0.2) is 4.79 Å². The summed E-state index contributed by atoms with van der Waals surface area (Å²) in [7, 11) is 0. The molecular formula is C32H31NO3. The Balaban J connectivity index is 1.15. The maximum Gasteiger partial charge on any atom is 0.410 e. The van der Waals surface area contributed by atoms with Crippen molar-refractivity contribution in [3.05, 3.63) is 102 Å². The molecule has 6 rings (SSSR count). The Hall–Kier alpha value is -3.66. The Labute approximate surface area is 212 Å². The van der Waals surface area contributed by atoms with E-state index in [4.69, 9.17) is 4.74 Å². The highest BCUT2D eigenvalue weighted by molar-refractivity contribution is 6.21. The number of rotatable bonds is 5. The lowest BCUT2D eigenvalue weighted by atomic mass is 9.75. The Morgan fingerprint density at radius 2 is 1.36 bits per heavy atom. The van der Waals surface area contributed by atoms with Crippen molar-refractivity contribution in [2.45, 2.75) is 50.1 Å². The molecule has 1 amide bonds. The number of amides is 1. The van der Waals surface area contributed by atoms with Crippen LogP contribution in [0.15, 0.2) is 85.4 Å². The number of carbonyl (C=O) groups excluding carboxylic acids is 2. The van der Waals surface area contributed by atoms with Crippen molar-refractivity contribution in [1.82, 2.24) is 4.90 Å². The highest BCUT2D eigenvalue weighted by Crippen LogP contribution is 2.45. The zero-order valence-electron chi connectivity index (χ0n) is 20.4. The largest absolute Gasteiger partial charge is 0.448 e. The minimum absolute atomic E-state index is 0.0469. The summed E-state index contributed by atoms with van der Waals surface area (Å²) in [5.41, 5.74) is 6.35. The number of Topliss-reactive ketones (excluding diaryl/α,β-unsaturated/α-hetero) is 1. The molecular weight excluding hydrogens is 446 g/mol. The molecule has 3 aliphatic rings. The molecule has 0 radical (unpaired) electrons. The minimum Gasteiger partial charge on any atom is -0.448 e. The van der Waals surface area contributed by atoms with Crippen LogP contribution >= 0.6 is 0 Å².